The Morgan fingerprint density at radius 1 is 0.765 bits per heavy atom. The summed E-state index contributed by atoms with van der Waals surface area (Å²) >= 11 is 3.09. The number of nitrogens with zero attached hydrogens (tertiary/aromatic N) is 3. The van der Waals surface area contributed by atoms with Gasteiger partial charge >= 0.3 is 0 Å². The number of rotatable bonds is 26. The molecule has 1 saturated heterocycles. The van der Waals surface area contributed by atoms with Crippen LogP contribution in [0.15, 0.2) is 126 Å². The lowest BCUT2D eigenvalue weighted by Crippen LogP contribution is -2.58. The van der Waals surface area contributed by atoms with Crippen LogP contribution in [0.4, 0.5) is 0 Å². The van der Waals surface area contributed by atoms with Crippen LogP contribution < -0.4 is 20.8 Å². The van der Waals surface area contributed by atoms with E-state index in [-0.39, 0.29) is 62.1 Å². The molecule has 0 bridgehead atoms. The second-order valence-electron chi connectivity index (χ2n) is 20.5. The molecular formula is C61H68N6O12S2. The summed E-state index contributed by atoms with van der Waals surface area (Å²) in [6.45, 7) is 11.3. The van der Waals surface area contributed by atoms with E-state index in [2.05, 4.69) is 26.1 Å². The van der Waals surface area contributed by atoms with Gasteiger partial charge in [-0.25, -0.2) is 10.4 Å². The number of hydrogen-bond donors (Lipinski definition) is 6. The zero-order valence-corrected chi connectivity index (χ0v) is 47.5. The minimum atomic E-state index is -0.985. The zero-order valence-electron chi connectivity index (χ0n) is 45.9. The number of hydrogen-bond acceptors (Lipinski definition) is 16. The molecular weight excluding hydrogens is 1070 g/mol. The van der Waals surface area contributed by atoms with Crippen molar-refractivity contribution in [1.29, 1.82) is 0 Å². The molecule has 426 valence electrons. The van der Waals surface area contributed by atoms with Gasteiger partial charge in [-0.15, -0.1) is 22.7 Å². The van der Waals surface area contributed by atoms with Gasteiger partial charge in [0.1, 0.15) is 42.5 Å². The Morgan fingerprint density at radius 3 is 2.07 bits per heavy atom. The fraction of sp³-hybridized carbons (Fsp3) is 0.344. The highest BCUT2D eigenvalue weighted by Crippen LogP contribution is 2.46. The molecule has 6 N–H and O–H groups in total. The highest BCUT2D eigenvalue weighted by molar-refractivity contribution is 7.23. The number of phenolic OH excluding ortho intramolecular Hbond substituents is 2. The molecule has 0 saturated carbocycles. The second-order valence-corrected chi connectivity index (χ2v) is 22.4. The number of likely N-dealkylation sites (tertiary alicyclic amines) is 1. The molecule has 0 radical (unpaired) electrons. The van der Waals surface area contributed by atoms with E-state index in [0.717, 1.165) is 58.9 Å². The first-order chi connectivity index (χ1) is 39.0. The number of fused-ring (bicyclic) bond motifs is 1. The molecule has 18 nitrogen and oxygen atoms in total. The molecule has 4 atom stereocenters. The Bertz CT molecular complexity index is 3270. The molecule has 1 aliphatic rings. The number of hydrazone groups is 1. The lowest BCUT2D eigenvalue weighted by Gasteiger charge is -2.35. The summed E-state index contributed by atoms with van der Waals surface area (Å²) in [5.41, 5.74) is 10.4. The first-order valence-electron chi connectivity index (χ1n) is 26.6. The maximum absolute atomic E-state index is 14.0. The van der Waals surface area contributed by atoms with E-state index in [4.69, 9.17) is 23.7 Å². The van der Waals surface area contributed by atoms with Crippen LogP contribution in [0, 0.1) is 12.3 Å². The minimum absolute atomic E-state index is 0.0326. The number of phenols is 2. The standard InChI is InChI=1S/C61H68N6O12S2/c1-38(41-11-13-42(14-12-41)55-39(2)62-37-80-55)64-59(73)51-32-48(70)35-67(51)60(74)57(61(3,4)5)65-53(71)36-78-28-27-76-24-23-75-25-26-77-29-30-79-49-20-9-40(10-21-49)34-63-66-58(72)45-8-6-7-44(31-45)54-50-22-19-47(69)33-52(50)81-56(54)43-15-17-46(68)18-16-43/h6-22,31,33-34,37-38,48,51,57,68-70H,23-30,32,35-36H2,1-5H3,(H,64,73)(H,65,71)(H,66,72). The number of ether oxygens (including phenoxy) is 5. The number of carbonyl (C=O) groups excluding carboxylic acids is 4. The van der Waals surface area contributed by atoms with Gasteiger partial charge in [0, 0.05) is 39.1 Å². The summed E-state index contributed by atoms with van der Waals surface area (Å²) in [7, 11) is 0. The molecule has 3 heterocycles. The van der Waals surface area contributed by atoms with Crippen molar-refractivity contribution in [3.8, 4) is 49.3 Å². The monoisotopic (exact) mass is 1140 g/mol. The molecule has 20 heteroatoms. The van der Waals surface area contributed by atoms with Gasteiger partial charge in [-0.2, -0.15) is 5.10 Å². The van der Waals surface area contributed by atoms with Gasteiger partial charge in [0.15, 0.2) is 0 Å². The summed E-state index contributed by atoms with van der Waals surface area (Å²) in [5, 5.41) is 41.6. The summed E-state index contributed by atoms with van der Waals surface area (Å²) < 4.78 is 29.0. The molecule has 0 aliphatic carbocycles. The maximum atomic E-state index is 14.0. The van der Waals surface area contributed by atoms with Crippen molar-refractivity contribution in [2.24, 2.45) is 10.5 Å². The predicted molar refractivity (Wildman–Crippen MR) is 313 cm³/mol. The molecule has 4 unspecified atom stereocenters. The normalized spacial score (nSPS) is 15.2. The number of carbonyl (C=O) groups is 4. The fourth-order valence-corrected chi connectivity index (χ4v) is 11.2. The summed E-state index contributed by atoms with van der Waals surface area (Å²) in [6.07, 6.45) is 0.734. The smallest absolute Gasteiger partial charge is 0.271 e. The molecule has 2 aromatic heterocycles. The first-order valence-corrected chi connectivity index (χ1v) is 28.3. The predicted octanol–water partition coefficient (Wildman–Crippen LogP) is 8.66. The van der Waals surface area contributed by atoms with Crippen LogP contribution in [0.25, 0.3) is 42.1 Å². The number of amides is 4. The minimum Gasteiger partial charge on any atom is -0.508 e. The van der Waals surface area contributed by atoms with Gasteiger partial charge in [-0.3, -0.25) is 19.2 Å². The van der Waals surface area contributed by atoms with Crippen LogP contribution in [0.2, 0.25) is 0 Å². The summed E-state index contributed by atoms with van der Waals surface area (Å²) in [4.78, 5) is 61.6. The number of aromatic nitrogens is 1. The fourth-order valence-electron chi connectivity index (χ4n) is 9.15. The highest BCUT2D eigenvalue weighted by atomic mass is 32.1. The quantitative estimate of drug-likeness (QED) is 0.0169. The topological polar surface area (TPSA) is 240 Å². The molecule has 5 aromatic carbocycles. The molecule has 81 heavy (non-hydrogen) atoms. The number of benzene rings is 5. The largest absolute Gasteiger partial charge is 0.508 e. The third-order valence-electron chi connectivity index (χ3n) is 13.4. The van der Waals surface area contributed by atoms with E-state index in [1.165, 1.54) is 16.2 Å². The van der Waals surface area contributed by atoms with Crippen LogP contribution in [0.5, 0.6) is 17.2 Å². The molecule has 7 aromatic rings. The highest BCUT2D eigenvalue weighted by Gasteiger charge is 2.44. The van der Waals surface area contributed by atoms with Gasteiger partial charge < -0.3 is 54.5 Å². The van der Waals surface area contributed by atoms with Crippen LogP contribution >= 0.6 is 22.7 Å². The molecule has 1 aliphatic heterocycles. The van der Waals surface area contributed by atoms with Crippen molar-refractivity contribution in [2.75, 3.05) is 66.0 Å². The summed E-state index contributed by atoms with van der Waals surface area (Å²) in [5.74, 6) is -0.753. The van der Waals surface area contributed by atoms with Gasteiger partial charge in [-0.05, 0) is 126 Å². The number of β-amino-alcohol motifs (C(OH)–C–C–N with tert-alkyl or cyclic N) is 1. The van der Waals surface area contributed by atoms with Crippen LogP contribution in [0.3, 0.4) is 0 Å². The zero-order chi connectivity index (χ0) is 57.5. The average molecular weight is 1140 g/mol. The van der Waals surface area contributed by atoms with Crippen molar-refractivity contribution in [2.45, 2.75) is 65.3 Å². The van der Waals surface area contributed by atoms with E-state index >= 15 is 0 Å². The summed E-state index contributed by atoms with van der Waals surface area (Å²) in [6, 6.07) is 32.3. The van der Waals surface area contributed by atoms with Gasteiger partial charge in [0.2, 0.25) is 17.7 Å². The Labute approximate surface area is 478 Å². The van der Waals surface area contributed by atoms with Crippen LogP contribution in [0.1, 0.15) is 67.3 Å². The number of nitrogens with one attached hydrogen (secondary N) is 3. The number of thiophene rings is 1. The Hall–Kier alpha value is -7.56. The van der Waals surface area contributed by atoms with Crippen molar-refractivity contribution >= 4 is 62.6 Å². The Balaban J connectivity index is 0.665. The van der Waals surface area contributed by atoms with Crippen molar-refractivity contribution in [3.63, 3.8) is 0 Å². The van der Waals surface area contributed by atoms with Crippen LogP contribution in [-0.2, 0) is 33.3 Å². The Kier molecular flexibility index (Phi) is 20.8. The number of aryl methyl sites for hydroxylation is 1. The number of aromatic hydroxyl groups is 2. The number of aliphatic hydroxyl groups excluding tert-OH is 1. The second kappa shape index (κ2) is 28.2. The van der Waals surface area contributed by atoms with Gasteiger partial charge in [0.05, 0.1) is 80.7 Å². The van der Waals surface area contributed by atoms with Crippen molar-refractivity contribution in [1.82, 2.24) is 25.9 Å². The number of thiazole rings is 1. The van der Waals surface area contributed by atoms with E-state index < -0.39 is 35.4 Å². The van der Waals surface area contributed by atoms with E-state index in [0.29, 0.717) is 51.0 Å². The van der Waals surface area contributed by atoms with E-state index in [1.54, 1.807) is 60.0 Å². The molecule has 0 spiro atoms. The SMILES string of the molecule is Cc1ncsc1-c1ccc(C(C)NC(=O)C2CC(O)CN2C(=O)C(NC(=O)COCCOCCOCCOCCOc2ccc(C=NNC(=O)c3cccc(-c4c(-c5ccc(O)cc5)sc5cc(O)ccc45)c3)cc2)C(C)(C)C)cc1. The van der Waals surface area contributed by atoms with E-state index in [1.807, 2.05) is 113 Å². The molecule has 8 rings (SSSR count). The molecule has 4 amide bonds. The van der Waals surface area contributed by atoms with Gasteiger partial charge in [0.25, 0.3) is 5.91 Å². The average Bonchev–Trinajstić information content (AvgIpc) is 3.99. The van der Waals surface area contributed by atoms with Crippen molar-refractivity contribution in [3.05, 3.63) is 143 Å². The third-order valence-corrected chi connectivity index (χ3v) is 15.6. The maximum Gasteiger partial charge on any atom is 0.271 e. The van der Waals surface area contributed by atoms with Crippen molar-refractivity contribution < 1.29 is 58.2 Å². The van der Waals surface area contributed by atoms with Gasteiger partial charge in [-0.1, -0.05) is 57.2 Å². The lowest BCUT2D eigenvalue weighted by atomic mass is 9.85. The third kappa shape index (κ3) is 16.3. The first kappa shape index (κ1) is 59.6. The lowest BCUT2D eigenvalue weighted by molar-refractivity contribution is -0.144. The van der Waals surface area contributed by atoms with Crippen LogP contribution in [-0.4, -0.2) is 139 Å². The molecule has 1 fully saturated rings. The number of aliphatic hydroxyl groups is 1. The Morgan fingerprint density at radius 2 is 1.41 bits per heavy atom. The van der Waals surface area contributed by atoms with E-state index in [9.17, 15) is 34.5 Å².